The van der Waals surface area contributed by atoms with Crippen LogP contribution in [0, 0.1) is 0 Å². The maximum Gasteiger partial charge on any atom is 0.222 e. The molecule has 2 aromatic heterocycles. The number of halogens is 1. The molecule has 0 radical (unpaired) electrons. The monoisotopic (exact) mass is 328 g/mol. The molecule has 1 atom stereocenters. The maximum absolute atomic E-state index is 12.3. The molecule has 3 rings (SSSR count). The van der Waals surface area contributed by atoms with Gasteiger partial charge in [-0.15, -0.1) is 0 Å². The number of hydrogen-bond donors (Lipinski definition) is 1. The minimum Gasteiger partial charge on any atom is -0.467 e. The Morgan fingerprint density at radius 2 is 1.87 bits per heavy atom. The number of benzene rings is 1. The fraction of sp³-hybridized carbons (Fsp3) is 0.167. The predicted molar refractivity (Wildman–Crippen MR) is 89.2 cm³/mol. The van der Waals surface area contributed by atoms with Crippen LogP contribution in [0.25, 0.3) is 0 Å². The number of aromatic nitrogens is 1. The normalized spacial score (nSPS) is 12.0. The largest absolute Gasteiger partial charge is 0.467 e. The average Bonchev–Trinajstić information content (AvgIpc) is 3.25. The Hall–Kier alpha value is -2.46. The van der Waals surface area contributed by atoms with Crippen molar-refractivity contribution in [3.05, 3.63) is 83.5 Å². The summed E-state index contributed by atoms with van der Waals surface area (Å²) in [5, 5.41) is 3.62. The second kappa shape index (κ2) is 7.20. The first-order valence-corrected chi connectivity index (χ1v) is 7.77. The molecule has 0 spiro atoms. The first kappa shape index (κ1) is 15.4. The van der Waals surface area contributed by atoms with E-state index in [0.717, 1.165) is 11.3 Å². The van der Waals surface area contributed by atoms with E-state index >= 15 is 0 Å². The van der Waals surface area contributed by atoms with E-state index in [9.17, 15) is 4.79 Å². The third kappa shape index (κ3) is 4.05. The van der Waals surface area contributed by atoms with Gasteiger partial charge in [0.25, 0.3) is 0 Å². The number of carbonyl (C=O) groups excluding carboxylic acids is 1. The molecule has 0 saturated heterocycles. The van der Waals surface area contributed by atoms with E-state index in [1.54, 1.807) is 6.26 Å². The van der Waals surface area contributed by atoms with E-state index in [1.165, 1.54) is 0 Å². The molecule has 23 heavy (non-hydrogen) atoms. The SMILES string of the molecule is O=C(C[C@H](c1ccco1)n1cccc1)NCc1ccc(Cl)cc1. The van der Waals surface area contributed by atoms with Gasteiger partial charge in [-0.3, -0.25) is 4.79 Å². The summed E-state index contributed by atoms with van der Waals surface area (Å²) in [5.74, 6) is 0.734. The number of hydrogen-bond acceptors (Lipinski definition) is 2. The zero-order valence-corrected chi connectivity index (χ0v) is 13.2. The van der Waals surface area contributed by atoms with Crippen molar-refractivity contribution in [3.8, 4) is 0 Å². The van der Waals surface area contributed by atoms with Gasteiger partial charge in [-0.25, -0.2) is 0 Å². The smallest absolute Gasteiger partial charge is 0.222 e. The molecule has 1 N–H and O–H groups in total. The highest BCUT2D eigenvalue weighted by atomic mass is 35.5. The first-order chi connectivity index (χ1) is 11.2. The second-order valence-corrected chi connectivity index (χ2v) is 5.71. The molecular formula is C18H17ClN2O2. The van der Waals surface area contributed by atoms with Crippen LogP contribution in [-0.2, 0) is 11.3 Å². The van der Waals surface area contributed by atoms with Crippen LogP contribution in [0.5, 0.6) is 0 Å². The molecule has 1 amide bonds. The van der Waals surface area contributed by atoms with Gasteiger partial charge in [0.2, 0.25) is 5.91 Å². The summed E-state index contributed by atoms with van der Waals surface area (Å²) in [5.41, 5.74) is 1.01. The van der Waals surface area contributed by atoms with Crippen LogP contribution < -0.4 is 5.32 Å². The molecule has 0 aliphatic rings. The number of rotatable bonds is 6. The highest BCUT2D eigenvalue weighted by Gasteiger charge is 2.19. The summed E-state index contributed by atoms with van der Waals surface area (Å²) in [6.07, 6.45) is 5.80. The van der Waals surface area contributed by atoms with Crippen LogP contribution >= 0.6 is 11.6 Å². The molecule has 5 heteroatoms. The van der Waals surface area contributed by atoms with Crippen LogP contribution in [0.15, 0.2) is 71.6 Å². The zero-order valence-electron chi connectivity index (χ0n) is 12.5. The third-order valence-corrected chi connectivity index (χ3v) is 3.89. The van der Waals surface area contributed by atoms with Crippen molar-refractivity contribution < 1.29 is 9.21 Å². The second-order valence-electron chi connectivity index (χ2n) is 5.27. The van der Waals surface area contributed by atoms with Gasteiger partial charge in [0, 0.05) is 24.0 Å². The van der Waals surface area contributed by atoms with Gasteiger partial charge in [-0.2, -0.15) is 0 Å². The van der Waals surface area contributed by atoms with E-state index < -0.39 is 0 Å². The fourth-order valence-electron chi connectivity index (χ4n) is 2.44. The Bertz CT molecular complexity index is 700. The number of amides is 1. The molecule has 0 aliphatic heterocycles. The third-order valence-electron chi connectivity index (χ3n) is 3.64. The van der Waals surface area contributed by atoms with Crippen molar-refractivity contribution in [3.63, 3.8) is 0 Å². The molecule has 118 valence electrons. The number of furan rings is 1. The van der Waals surface area contributed by atoms with E-state index in [1.807, 2.05) is 65.5 Å². The van der Waals surface area contributed by atoms with Crippen LogP contribution in [0.1, 0.15) is 23.8 Å². The fourth-order valence-corrected chi connectivity index (χ4v) is 2.57. The molecule has 4 nitrogen and oxygen atoms in total. The van der Waals surface area contributed by atoms with Crippen LogP contribution in [0.2, 0.25) is 5.02 Å². The summed E-state index contributed by atoms with van der Waals surface area (Å²) >= 11 is 5.86. The van der Waals surface area contributed by atoms with Crippen molar-refractivity contribution in [1.29, 1.82) is 0 Å². The highest BCUT2D eigenvalue weighted by molar-refractivity contribution is 6.30. The Morgan fingerprint density at radius 1 is 1.13 bits per heavy atom. The molecule has 3 aromatic rings. The van der Waals surface area contributed by atoms with Gasteiger partial charge in [-0.05, 0) is 42.0 Å². The molecule has 2 heterocycles. The standard InChI is InChI=1S/C18H17ClN2O2/c19-15-7-5-14(6-8-15)13-20-18(22)12-16(17-4-3-11-23-17)21-9-1-2-10-21/h1-11,16H,12-13H2,(H,20,22)/t16-/m1/s1. The number of nitrogens with one attached hydrogen (secondary N) is 1. The molecule has 0 saturated carbocycles. The van der Waals surface area contributed by atoms with Gasteiger partial charge in [0.15, 0.2) is 0 Å². The predicted octanol–water partition coefficient (Wildman–Crippen LogP) is 4.03. The van der Waals surface area contributed by atoms with Crippen molar-refractivity contribution in [2.75, 3.05) is 0 Å². The average molecular weight is 329 g/mol. The lowest BCUT2D eigenvalue weighted by Gasteiger charge is -2.16. The molecule has 0 fully saturated rings. The molecule has 0 aliphatic carbocycles. The van der Waals surface area contributed by atoms with Crippen molar-refractivity contribution >= 4 is 17.5 Å². The van der Waals surface area contributed by atoms with Crippen molar-refractivity contribution in [1.82, 2.24) is 9.88 Å². The van der Waals surface area contributed by atoms with Gasteiger partial charge >= 0.3 is 0 Å². The molecular weight excluding hydrogens is 312 g/mol. The first-order valence-electron chi connectivity index (χ1n) is 7.39. The van der Waals surface area contributed by atoms with E-state index in [0.29, 0.717) is 18.0 Å². The Morgan fingerprint density at radius 3 is 2.52 bits per heavy atom. The topological polar surface area (TPSA) is 47.2 Å². The summed E-state index contributed by atoms with van der Waals surface area (Å²) in [4.78, 5) is 12.3. The molecule has 0 unspecified atom stereocenters. The van der Waals surface area contributed by atoms with Crippen molar-refractivity contribution in [2.45, 2.75) is 19.0 Å². The lowest BCUT2D eigenvalue weighted by atomic mass is 10.1. The Balaban J connectivity index is 1.63. The lowest BCUT2D eigenvalue weighted by Crippen LogP contribution is -2.26. The van der Waals surface area contributed by atoms with Gasteiger partial charge in [0.05, 0.1) is 18.7 Å². The molecule has 0 bridgehead atoms. The number of nitrogens with zero attached hydrogens (tertiary/aromatic N) is 1. The number of carbonyl (C=O) groups is 1. The van der Waals surface area contributed by atoms with Crippen LogP contribution in [0.3, 0.4) is 0 Å². The van der Waals surface area contributed by atoms with E-state index in [4.69, 9.17) is 16.0 Å². The lowest BCUT2D eigenvalue weighted by molar-refractivity contribution is -0.121. The Kier molecular flexibility index (Phi) is 4.83. The highest BCUT2D eigenvalue weighted by Crippen LogP contribution is 2.22. The van der Waals surface area contributed by atoms with Gasteiger partial charge in [-0.1, -0.05) is 23.7 Å². The van der Waals surface area contributed by atoms with Gasteiger partial charge in [0.1, 0.15) is 5.76 Å². The summed E-state index contributed by atoms with van der Waals surface area (Å²) in [6.45, 7) is 0.479. The minimum absolute atomic E-state index is 0.0324. The van der Waals surface area contributed by atoms with Crippen LogP contribution in [0.4, 0.5) is 0 Å². The summed E-state index contributed by atoms with van der Waals surface area (Å²) < 4.78 is 7.45. The van der Waals surface area contributed by atoms with Gasteiger partial charge < -0.3 is 14.3 Å². The van der Waals surface area contributed by atoms with Crippen molar-refractivity contribution in [2.24, 2.45) is 0 Å². The van der Waals surface area contributed by atoms with Crippen LogP contribution in [-0.4, -0.2) is 10.5 Å². The maximum atomic E-state index is 12.3. The molecule has 1 aromatic carbocycles. The quantitative estimate of drug-likeness (QED) is 0.742. The zero-order chi connectivity index (χ0) is 16.1. The summed E-state index contributed by atoms with van der Waals surface area (Å²) in [7, 11) is 0. The summed E-state index contributed by atoms with van der Waals surface area (Å²) in [6, 6.07) is 14.9. The van der Waals surface area contributed by atoms with E-state index in [2.05, 4.69) is 5.32 Å². The minimum atomic E-state index is -0.148. The Labute approximate surface area is 139 Å². The van der Waals surface area contributed by atoms with E-state index in [-0.39, 0.29) is 11.9 Å².